The van der Waals surface area contributed by atoms with Gasteiger partial charge in [0.05, 0.1) is 26.9 Å². The first-order valence-corrected chi connectivity index (χ1v) is 9.76. The summed E-state index contributed by atoms with van der Waals surface area (Å²) >= 11 is 0. The summed E-state index contributed by atoms with van der Waals surface area (Å²) in [5.74, 6) is -0.813. The van der Waals surface area contributed by atoms with Crippen LogP contribution in [0.15, 0.2) is 54.6 Å². The van der Waals surface area contributed by atoms with Gasteiger partial charge in [0.15, 0.2) is 11.5 Å². The maximum atomic E-state index is 10.4. The van der Waals surface area contributed by atoms with Crippen molar-refractivity contribution >= 4 is 0 Å². The molecule has 0 saturated heterocycles. The monoisotopic (exact) mass is 426 g/mol. The number of benzene rings is 3. The van der Waals surface area contributed by atoms with Gasteiger partial charge >= 0.3 is 0 Å². The van der Waals surface area contributed by atoms with E-state index in [1.807, 2.05) is 0 Å². The lowest BCUT2D eigenvalue weighted by Crippen LogP contribution is -2.17. The molecule has 164 valence electrons. The van der Waals surface area contributed by atoms with Crippen LogP contribution in [-0.4, -0.2) is 44.4 Å². The number of aliphatic hydroxyl groups is 3. The summed E-state index contributed by atoms with van der Waals surface area (Å²) in [6.45, 7) is -0.982. The fourth-order valence-corrected chi connectivity index (χ4v) is 3.84. The van der Waals surface area contributed by atoms with E-state index in [2.05, 4.69) is 0 Å². The summed E-state index contributed by atoms with van der Waals surface area (Å²) in [6.07, 6.45) is 0. The van der Waals surface area contributed by atoms with Gasteiger partial charge in [-0.3, -0.25) is 0 Å². The molecule has 0 spiro atoms. The van der Waals surface area contributed by atoms with E-state index in [1.54, 1.807) is 36.4 Å². The predicted molar refractivity (Wildman–Crippen MR) is 114 cm³/mol. The van der Waals surface area contributed by atoms with Crippen molar-refractivity contribution in [3.8, 4) is 23.0 Å². The highest BCUT2D eigenvalue weighted by Crippen LogP contribution is 2.42. The van der Waals surface area contributed by atoms with Crippen molar-refractivity contribution in [2.45, 2.75) is 25.0 Å². The highest BCUT2D eigenvalue weighted by Gasteiger charge is 2.28. The average Bonchev–Trinajstić information content (AvgIpc) is 2.79. The summed E-state index contributed by atoms with van der Waals surface area (Å²) in [7, 11) is 1.44. The summed E-state index contributed by atoms with van der Waals surface area (Å²) in [6, 6.07) is 14.5. The average molecular weight is 426 g/mol. The number of aliphatic hydroxyl groups excluding tert-OH is 3. The van der Waals surface area contributed by atoms with Crippen LogP contribution in [0.25, 0.3) is 0 Å². The van der Waals surface area contributed by atoms with Gasteiger partial charge in [0.2, 0.25) is 0 Å². The minimum atomic E-state index is -0.498. The second kappa shape index (κ2) is 9.70. The van der Waals surface area contributed by atoms with Crippen LogP contribution in [0.3, 0.4) is 0 Å². The van der Waals surface area contributed by atoms with Gasteiger partial charge in [-0.1, -0.05) is 18.2 Å². The SMILES string of the molecule is COc1cc([C@@H](CO)C(c2ccc(O)c(CO)c2)c2ccc(O)c(CO)c2)ccc1O. The number of hydrogen-bond acceptors (Lipinski definition) is 7. The van der Waals surface area contributed by atoms with Gasteiger partial charge in [0, 0.05) is 23.0 Å². The topological polar surface area (TPSA) is 131 Å². The van der Waals surface area contributed by atoms with Crippen LogP contribution in [0.4, 0.5) is 0 Å². The molecule has 0 aliphatic heterocycles. The van der Waals surface area contributed by atoms with Crippen LogP contribution in [0, 0.1) is 0 Å². The molecule has 7 heteroatoms. The van der Waals surface area contributed by atoms with Gasteiger partial charge in [-0.15, -0.1) is 0 Å². The molecule has 0 bridgehead atoms. The molecule has 0 amide bonds. The molecule has 0 aromatic heterocycles. The van der Waals surface area contributed by atoms with Crippen molar-refractivity contribution in [2.24, 2.45) is 0 Å². The molecule has 0 aliphatic carbocycles. The zero-order chi connectivity index (χ0) is 22.5. The number of phenols is 3. The van der Waals surface area contributed by atoms with E-state index in [9.17, 15) is 30.6 Å². The van der Waals surface area contributed by atoms with Crippen molar-refractivity contribution in [1.29, 1.82) is 0 Å². The van der Waals surface area contributed by atoms with Gasteiger partial charge < -0.3 is 35.4 Å². The lowest BCUT2D eigenvalue weighted by molar-refractivity contribution is 0.254. The quantitative estimate of drug-likeness (QED) is 0.327. The molecule has 3 aromatic carbocycles. The molecule has 0 aliphatic rings. The Balaban J connectivity index is 2.21. The third-order valence-corrected chi connectivity index (χ3v) is 5.50. The fraction of sp³-hybridized carbons (Fsp3) is 0.250. The molecule has 0 heterocycles. The second-order valence-electron chi connectivity index (χ2n) is 7.29. The Labute approximate surface area is 180 Å². The zero-order valence-electron chi connectivity index (χ0n) is 17.1. The van der Waals surface area contributed by atoms with E-state index in [0.717, 1.165) is 0 Å². The summed E-state index contributed by atoms with van der Waals surface area (Å²) < 4.78 is 5.21. The first-order valence-electron chi connectivity index (χ1n) is 9.76. The smallest absolute Gasteiger partial charge is 0.160 e. The van der Waals surface area contributed by atoms with E-state index >= 15 is 0 Å². The van der Waals surface area contributed by atoms with Crippen molar-refractivity contribution < 1.29 is 35.4 Å². The van der Waals surface area contributed by atoms with E-state index in [1.165, 1.54) is 25.3 Å². The molecule has 3 rings (SSSR count). The second-order valence-corrected chi connectivity index (χ2v) is 7.29. The first kappa shape index (κ1) is 22.4. The minimum absolute atomic E-state index is 0.0288. The molecule has 1 atom stereocenters. The number of ether oxygens (including phenoxy) is 1. The van der Waals surface area contributed by atoms with Gasteiger partial charge in [0.1, 0.15) is 11.5 Å². The standard InChI is InChI=1S/C24H26O7/c1-31-23-10-14(2-7-22(23)30)19(13-27)24(15-3-5-20(28)17(8-15)11-25)16-4-6-21(29)18(9-16)12-26/h2-10,19,24-30H,11-13H2,1H3/t19-/m1/s1. The van der Waals surface area contributed by atoms with Crippen LogP contribution in [0.5, 0.6) is 23.0 Å². The normalized spacial score (nSPS) is 12.2. The third kappa shape index (κ3) is 4.59. The number of rotatable bonds is 8. The Morgan fingerprint density at radius 2 is 1.16 bits per heavy atom. The minimum Gasteiger partial charge on any atom is -0.508 e. The Morgan fingerprint density at radius 3 is 1.61 bits per heavy atom. The summed E-state index contributed by atoms with van der Waals surface area (Å²) in [4.78, 5) is 0. The largest absolute Gasteiger partial charge is 0.508 e. The van der Waals surface area contributed by atoms with Gasteiger partial charge in [0.25, 0.3) is 0 Å². The van der Waals surface area contributed by atoms with Crippen molar-refractivity contribution in [2.75, 3.05) is 13.7 Å². The molecular formula is C24H26O7. The van der Waals surface area contributed by atoms with Crippen LogP contribution in [-0.2, 0) is 13.2 Å². The van der Waals surface area contributed by atoms with Crippen molar-refractivity contribution in [3.05, 3.63) is 82.4 Å². The number of aromatic hydroxyl groups is 3. The molecule has 0 radical (unpaired) electrons. The Bertz CT molecular complexity index is 995. The molecule has 7 nitrogen and oxygen atoms in total. The molecule has 0 saturated carbocycles. The van der Waals surface area contributed by atoms with Crippen LogP contribution in [0.1, 0.15) is 39.7 Å². The molecule has 31 heavy (non-hydrogen) atoms. The highest BCUT2D eigenvalue weighted by atomic mass is 16.5. The molecule has 3 aromatic rings. The van der Waals surface area contributed by atoms with Crippen LogP contribution >= 0.6 is 0 Å². The molecule has 0 unspecified atom stereocenters. The van der Waals surface area contributed by atoms with E-state index in [0.29, 0.717) is 27.8 Å². The van der Waals surface area contributed by atoms with Crippen molar-refractivity contribution in [3.63, 3.8) is 0 Å². The Kier molecular flexibility index (Phi) is 7.02. The lowest BCUT2D eigenvalue weighted by atomic mass is 9.76. The maximum absolute atomic E-state index is 10.4. The number of hydrogen-bond donors (Lipinski definition) is 6. The lowest BCUT2D eigenvalue weighted by Gasteiger charge is -2.28. The van der Waals surface area contributed by atoms with E-state index < -0.39 is 11.8 Å². The van der Waals surface area contributed by atoms with Crippen LogP contribution in [0.2, 0.25) is 0 Å². The van der Waals surface area contributed by atoms with Gasteiger partial charge in [-0.05, 0) is 53.1 Å². The predicted octanol–water partition coefficient (Wildman–Crippen LogP) is 2.70. The molecular weight excluding hydrogens is 400 g/mol. The fourth-order valence-electron chi connectivity index (χ4n) is 3.84. The van der Waals surface area contributed by atoms with E-state index in [-0.39, 0.29) is 42.8 Å². The Hall–Kier alpha value is -3.26. The van der Waals surface area contributed by atoms with Gasteiger partial charge in [-0.2, -0.15) is 0 Å². The van der Waals surface area contributed by atoms with E-state index in [4.69, 9.17) is 4.74 Å². The summed E-state index contributed by atoms with van der Waals surface area (Å²) in [5, 5.41) is 59.5. The highest BCUT2D eigenvalue weighted by molar-refractivity contribution is 5.49. The van der Waals surface area contributed by atoms with Crippen molar-refractivity contribution in [1.82, 2.24) is 0 Å². The molecule has 6 N–H and O–H groups in total. The maximum Gasteiger partial charge on any atom is 0.160 e. The van der Waals surface area contributed by atoms with Gasteiger partial charge in [-0.25, -0.2) is 0 Å². The zero-order valence-corrected chi connectivity index (χ0v) is 17.1. The number of methoxy groups -OCH3 is 1. The third-order valence-electron chi connectivity index (χ3n) is 5.50. The molecule has 0 fully saturated rings. The first-order chi connectivity index (χ1) is 14.9. The summed E-state index contributed by atoms with van der Waals surface area (Å²) in [5.41, 5.74) is 2.79. The number of phenolic OH excluding ortho intramolecular Hbond substituents is 1. The Morgan fingerprint density at radius 1 is 0.677 bits per heavy atom. The van der Waals surface area contributed by atoms with Crippen LogP contribution < -0.4 is 4.74 Å².